The molecule has 0 saturated carbocycles. The van der Waals surface area contributed by atoms with Gasteiger partial charge in [0.15, 0.2) is 0 Å². The number of benzene rings is 1. The molecule has 2 heterocycles. The first-order chi connectivity index (χ1) is 9.08. The lowest BCUT2D eigenvalue weighted by atomic mass is 9.83. The SMILES string of the molecule is Cc1ccc2c(c1)C(O)CC1(CCCN(C)CC1)O2. The highest BCUT2D eigenvalue weighted by atomic mass is 16.5. The Morgan fingerprint density at radius 3 is 3.00 bits per heavy atom. The van der Waals surface area contributed by atoms with Crippen LogP contribution in [0.5, 0.6) is 5.75 Å². The molecule has 3 heteroatoms. The van der Waals surface area contributed by atoms with E-state index in [1.54, 1.807) is 0 Å². The fraction of sp³-hybridized carbons (Fsp3) is 0.625. The Bertz CT molecular complexity index is 474. The zero-order valence-corrected chi connectivity index (χ0v) is 11.9. The van der Waals surface area contributed by atoms with E-state index in [4.69, 9.17) is 4.74 Å². The number of likely N-dealkylation sites (tertiary alicyclic amines) is 1. The van der Waals surface area contributed by atoms with Gasteiger partial charge in [-0.05, 0) is 51.9 Å². The minimum Gasteiger partial charge on any atom is -0.487 e. The van der Waals surface area contributed by atoms with Crippen LogP contribution >= 0.6 is 0 Å². The summed E-state index contributed by atoms with van der Waals surface area (Å²) >= 11 is 0. The molecule has 0 aromatic heterocycles. The van der Waals surface area contributed by atoms with Crippen LogP contribution in [0.25, 0.3) is 0 Å². The second-order valence-electron chi connectivity index (χ2n) is 6.20. The van der Waals surface area contributed by atoms with Crippen molar-refractivity contribution in [2.75, 3.05) is 20.1 Å². The third kappa shape index (κ3) is 2.49. The smallest absolute Gasteiger partial charge is 0.125 e. The Balaban J connectivity index is 1.89. The highest BCUT2D eigenvalue weighted by molar-refractivity contribution is 5.40. The Kier molecular flexibility index (Phi) is 3.27. The predicted octanol–water partition coefficient (Wildman–Crippen LogP) is 2.67. The van der Waals surface area contributed by atoms with E-state index in [1.165, 1.54) is 5.56 Å². The molecule has 1 aromatic rings. The van der Waals surface area contributed by atoms with Crippen LogP contribution in [0.4, 0.5) is 0 Å². The Morgan fingerprint density at radius 1 is 1.32 bits per heavy atom. The molecule has 1 N–H and O–H groups in total. The molecule has 0 bridgehead atoms. The van der Waals surface area contributed by atoms with Gasteiger partial charge in [-0.25, -0.2) is 0 Å². The number of aliphatic hydroxyl groups excluding tert-OH is 1. The molecule has 1 spiro atoms. The van der Waals surface area contributed by atoms with Gasteiger partial charge in [0.1, 0.15) is 11.4 Å². The van der Waals surface area contributed by atoms with Crippen molar-refractivity contribution in [2.24, 2.45) is 0 Å². The van der Waals surface area contributed by atoms with E-state index < -0.39 is 0 Å². The lowest BCUT2D eigenvalue weighted by Gasteiger charge is -2.40. The lowest BCUT2D eigenvalue weighted by molar-refractivity contribution is -0.0236. The number of ether oxygens (including phenoxy) is 1. The van der Waals surface area contributed by atoms with Gasteiger partial charge < -0.3 is 14.7 Å². The minimum absolute atomic E-state index is 0.160. The number of aryl methyl sites for hydroxylation is 1. The van der Waals surface area contributed by atoms with E-state index in [-0.39, 0.29) is 11.7 Å². The molecule has 2 atom stereocenters. The molecule has 3 nitrogen and oxygen atoms in total. The highest BCUT2D eigenvalue weighted by Gasteiger charge is 2.41. The van der Waals surface area contributed by atoms with Gasteiger partial charge in [0.05, 0.1) is 6.10 Å². The van der Waals surface area contributed by atoms with E-state index in [0.717, 1.165) is 50.1 Å². The number of nitrogens with zero attached hydrogens (tertiary/aromatic N) is 1. The van der Waals surface area contributed by atoms with Crippen molar-refractivity contribution in [1.82, 2.24) is 4.90 Å². The minimum atomic E-state index is -0.382. The monoisotopic (exact) mass is 261 g/mol. The molecule has 0 aliphatic carbocycles. The number of hydrogen-bond donors (Lipinski definition) is 1. The van der Waals surface area contributed by atoms with E-state index in [2.05, 4.69) is 31.0 Å². The zero-order valence-electron chi connectivity index (χ0n) is 11.9. The van der Waals surface area contributed by atoms with Crippen molar-refractivity contribution in [1.29, 1.82) is 0 Å². The second kappa shape index (κ2) is 4.80. The average molecular weight is 261 g/mol. The molecule has 19 heavy (non-hydrogen) atoms. The molecule has 2 unspecified atom stereocenters. The first kappa shape index (κ1) is 12.9. The molecule has 104 valence electrons. The number of rotatable bonds is 0. The third-order valence-corrected chi connectivity index (χ3v) is 4.54. The Morgan fingerprint density at radius 2 is 2.16 bits per heavy atom. The highest BCUT2D eigenvalue weighted by Crippen LogP contribution is 2.44. The standard InChI is InChI=1S/C16H23NO2/c1-12-4-5-15-13(10-12)14(18)11-16(19-15)6-3-8-17(2)9-7-16/h4-5,10,14,18H,3,6-9,11H2,1-2H3. The summed E-state index contributed by atoms with van der Waals surface area (Å²) in [5.74, 6) is 0.883. The van der Waals surface area contributed by atoms with Crippen LogP contribution in [-0.2, 0) is 0 Å². The van der Waals surface area contributed by atoms with Crippen molar-refractivity contribution in [3.05, 3.63) is 29.3 Å². The van der Waals surface area contributed by atoms with Crippen LogP contribution in [0, 0.1) is 6.92 Å². The maximum atomic E-state index is 10.5. The number of fused-ring (bicyclic) bond motifs is 1. The first-order valence-corrected chi connectivity index (χ1v) is 7.24. The van der Waals surface area contributed by atoms with Gasteiger partial charge in [-0.1, -0.05) is 11.6 Å². The molecule has 2 aliphatic heterocycles. The number of aliphatic hydroxyl groups is 1. The van der Waals surface area contributed by atoms with Crippen LogP contribution < -0.4 is 4.74 Å². The van der Waals surface area contributed by atoms with Gasteiger partial charge in [-0.2, -0.15) is 0 Å². The summed E-state index contributed by atoms with van der Waals surface area (Å²) in [6.45, 7) is 4.23. The van der Waals surface area contributed by atoms with Crippen LogP contribution in [0.3, 0.4) is 0 Å². The van der Waals surface area contributed by atoms with Crippen LogP contribution in [-0.4, -0.2) is 35.7 Å². The predicted molar refractivity (Wildman–Crippen MR) is 75.5 cm³/mol. The number of hydrogen-bond acceptors (Lipinski definition) is 3. The second-order valence-corrected chi connectivity index (χ2v) is 6.20. The summed E-state index contributed by atoms with van der Waals surface area (Å²) < 4.78 is 6.33. The van der Waals surface area contributed by atoms with Crippen LogP contribution in [0.15, 0.2) is 18.2 Å². The molecule has 1 fully saturated rings. The van der Waals surface area contributed by atoms with Gasteiger partial charge in [0.25, 0.3) is 0 Å². The summed E-state index contributed by atoms with van der Waals surface area (Å²) in [6, 6.07) is 6.13. The molecule has 1 saturated heterocycles. The molecule has 1 aromatic carbocycles. The average Bonchev–Trinajstić information content (AvgIpc) is 2.54. The molecule has 0 radical (unpaired) electrons. The molecule has 2 aliphatic rings. The first-order valence-electron chi connectivity index (χ1n) is 7.24. The van der Waals surface area contributed by atoms with Gasteiger partial charge in [-0.3, -0.25) is 0 Å². The quantitative estimate of drug-likeness (QED) is 0.779. The largest absolute Gasteiger partial charge is 0.487 e. The summed E-state index contributed by atoms with van der Waals surface area (Å²) in [5, 5.41) is 10.5. The van der Waals surface area contributed by atoms with E-state index >= 15 is 0 Å². The molecular formula is C16H23NO2. The van der Waals surface area contributed by atoms with Gasteiger partial charge in [0, 0.05) is 18.5 Å². The van der Waals surface area contributed by atoms with Gasteiger partial charge >= 0.3 is 0 Å². The van der Waals surface area contributed by atoms with E-state index in [1.807, 2.05) is 6.07 Å². The maximum absolute atomic E-state index is 10.5. The topological polar surface area (TPSA) is 32.7 Å². The Hall–Kier alpha value is -1.06. The third-order valence-electron chi connectivity index (χ3n) is 4.54. The van der Waals surface area contributed by atoms with Crippen molar-refractivity contribution >= 4 is 0 Å². The molecule has 0 amide bonds. The fourth-order valence-corrected chi connectivity index (χ4v) is 3.37. The van der Waals surface area contributed by atoms with Crippen molar-refractivity contribution < 1.29 is 9.84 Å². The summed E-state index contributed by atoms with van der Waals surface area (Å²) in [7, 11) is 2.16. The fourth-order valence-electron chi connectivity index (χ4n) is 3.37. The van der Waals surface area contributed by atoms with Gasteiger partial charge in [-0.15, -0.1) is 0 Å². The van der Waals surface area contributed by atoms with Crippen molar-refractivity contribution in [3.8, 4) is 5.75 Å². The van der Waals surface area contributed by atoms with E-state index in [0.29, 0.717) is 0 Å². The Labute approximate surface area is 115 Å². The van der Waals surface area contributed by atoms with Crippen molar-refractivity contribution in [2.45, 2.75) is 44.3 Å². The van der Waals surface area contributed by atoms with E-state index in [9.17, 15) is 5.11 Å². The maximum Gasteiger partial charge on any atom is 0.125 e. The zero-order chi connectivity index (χ0) is 13.5. The summed E-state index contributed by atoms with van der Waals surface area (Å²) in [6.07, 6.45) is 3.55. The van der Waals surface area contributed by atoms with Crippen molar-refractivity contribution in [3.63, 3.8) is 0 Å². The van der Waals surface area contributed by atoms with Crippen LogP contribution in [0.2, 0.25) is 0 Å². The van der Waals surface area contributed by atoms with Gasteiger partial charge in [0.2, 0.25) is 0 Å². The lowest BCUT2D eigenvalue weighted by Crippen LogP contribution is -2.41. The van der Waals surface area contributed by atoms with Crippen LogP contribution in [0.1, 0.15) is 42.9 Å². The summed E-state index contributed by atoms with van der Waals surface area (Å²) in [4.78, 5) is 2.36. The normalized spacial score (nSPS) is 31.6. The molecule has 3 rings (SSSR count). The molecular weight excluding hydrogens is 238 g/mol. The summed E-state index contributed by atoms with van der Waals surface area (Å²) in [5.41, 5.74) is 1.98.